The summed E-state index contributed by atoms with van der Waals surface area (Å²) in [5, 5.41) is 4.19. The maximum absolute atomic E-state index is 12.3. The van der Waals surface area contributed by atoms with Crippen molar-refractivity contribution in [3.8, 4) is 5.75 Å². The summed E-state index contributed by atoms with van der Waals surface area (Å²) in [6, 6.07) is 13.3. The zero-order chi connectivity index (χ0) is 19.1. The third-order valence-corrected chi connectivity index (χ3v) is 4.82. The molecule has 6 heteroatoms. The lowest BCUT2D eigenvalue weighted by atomic mass is 10.1. The van der Waals surface area contributed by atoms with Gasteiger partial charge in [0.05, 0.1) is 13.2 Å². The minimum Gasteiger partial charge on any atom is -0.497 e. The van der Waals surface area contributed by atoms with E-state index >= 15 is 0 Å². The average Bonchev–Trinajstić information content (AvgIpc) is 2.61. The number of amides is 1. The van der Waals surface area contributed by atoms with Crippen molar-refractivity contribution in [1.82, 2.24) is 10.2 Å². The van der Waals surface area contributed by atoms with Crippen LogP contribution in [0.5, 0.6) is 5.75 Å². The van der Waals surface area contributed by atoms with E-state index in [1.807, 2.05) is 44.4 Å². The van der Waals surface area contributed by atoms with Crippen molar-refractivity contribution >= 4 is 29.1 Å². The molecule has 0 bridgehead atoms. The lowest BCUT2D eigenvalue weighted by Gasteiger charge is -2.25. The highest BCUT2D eigenvalue weighted by molar-refractivity contribution is 6.35. The van der Waals surface area contributed by atoms with Gasteiger partial charge in [-0.2, -0.15) is 0 Å². The molecule has 26 heavy (non-hydrogen) atoms. The summed E-state index contributed by atoms with van der Waals surface area (Å²) >= 11 is 12.1. The first-order valence-electron chi connectivity index (χ1n) is 8.41. The Morgan fingerprint density at radius 2 is 1.96 bits per heavy atom. The van der Waals surface area contributed by atoms with Gasteiger partial charge in [0, 0.05) is 23.0 Å². The highest BCUT2D eigenvalue weighted by Gasteiger charge is 2.16. The lowest BCUT2D eigenvalue weighted by molar-refractivity contribution is -0.121. The molecule has 1 atom stereocenters. The summed E-state index contributed by atoms with van der Waals surface area (Å²) in [6.07, 6.45) is 0.952. The largest absolute Gasteiger partial charge is 0.497 e. The van der Waals surface area contributed by atoms with Crippen molar-refractivity contribution in [2.75, 3.05) is 27.7 Å². The first kappa shape index (κ1) is 20.6. The van der Waals surface area contributed by atoms with Crippen LogP contribution in [0, 0.1) is 0 Å². The van der Waals surface area contributed by atoms with Crippen LogP contribution in [0.3, 0.4) is 0 Å². The summed E-state index contributed by atoms with van der Waals surface area (Å²) in [6.45, 7) is 0.521. The molecule has 2 aromatic carbocycles. The molecule has 0 aromatic heterocycles. The second-order valence-electron chi connectivity index (χ2n) is 6.30. The van der Waals surface area contributed by atoms with Gasteiger partial charge < -0.3 is 15.0 Å². The molecular weight excluding hydrogens is 371 g/mol. The van der Waals surface area contributed by atoms with Crippen LogP contribution in [0.2, 0.25) is 10.0 Å². The van der Waals surface area contributed by atoms with E-state index in [0.29, 0.717) is 29.4 Å². The molecule has 0 saturated heterocycles. The number of rotatable bonds is 8. The van der Waals surface area contributed by atoms with E-state index in [1.165, 1.54) is 0 Å². The van der Waals surface area contributed by atoms with Crippen LogP contribution in [0.25, 0.3) is 0 Å². The molecule has 0 aliphatic carbocycles. The van der Waals surface area contributed by atoms with E-state index in [-0.39, 0.29) is 11.9 Å². The molecule has 140 valence electrons. The van der Waals surface area contributed by atoms with Crippen molar-refractivity contribution in [3.05, 3.63) is 63.6 Å². The van der Waals surface area contributed by atoms with Crippen molar-refractivity contribution < 1.29 is 9.53 Å². The van der Waals surface area contributed by atoms with Gasteiger partial charge >= 0.3 is 0 Å². The molecule has 0 aliphatic rings. The van der Waals surface area contributed by atoms with Crippen LogP contribution in [-0.4, -0.2) is 38.6 Å². The Kier molecular flexibility index (Phi) is 7.76. The molecule has 2 aromatic rings. The number of ether oxygens (including phenoxy) is 1. The quantitative estimate of drug-likeness (QED) is 0.723. The van der Waals surface area contributed by atoms with E-state index in [9.17, 15) is 4.79 Å². The molecule has 0 radical (unpaired) electrons. The molecule has 1 N–H and O–H groups in total. The first-order valence-corrected chi connectivity index (χ1v) is 9.17. The van der Waals surface area contributed by atoms with Gasteiger partial charge in [-0.3, -0.25) is 4.79 Å². The second kappa shape index (κ2) is 9.81. The predicted molar refractivity (Wildman–Crippen MR) is 107 cm³/mol. The molecule has 0 heterocycles. The molecule has 2 rings (SSSR count). The first-order chi connectivity index (χ1) is 12.4. The Labute approximate surface area is 165 Å². The Hall–Kier alpha value is -1.75. The molecule has 1 unspecified atom stereocenters. The SMILES string of the molecule is COc1cccc(C(CNC(=O)CCc2ccc(Cl)cc2Cl)N(C)C)c1. The number of aryl methyl sites for hydroxylation is 1. The zero-order valence-corrected chi connectivity index (χ0v) is 16.8. The fourth-order valence-electron chi connectivity index (χ4n) is 2.72. The standard InChI is InChI=1S/C20H24Cl2N2O2/c1-24(2)19(15-5-4-6-17(11-15)26-3)13-23-20(25)10-8-14-7-9-16(21)12-18(14)22/h4-7,9,11-12,19H,8,10,13H2,1-3H3,(H,23,25). The minimum atomic E-state index is -0.00855. The van der Waals surface area contributed by atoms with Gasteiger partial charge in [-0.25, -0.2) is 0 Å². The Morgan fingerprint density at radius 1 is 1.19 bits per heavy atom. The normalized spacial score (nSPS) is 12.1. The van der Waals surface area contributed by atoms with Gasteiger partial charge in [-0.1, -0.05) is 41.4 Å². The van der Waals surface area contributed by atoms with Crippen LogP contribution in [0.4, 0.5) is 0 Å². The van der Waals surface area contributed by atoms with Crippen molar-refractivity contribution in [2.24, 2.45) is 0 Å². The van der Waals surface area contributed by atoms with E-state index in [2.05, 4.69) is 10.2 Å². The topological polar surface area (TPSA) is 41.6 Å². The molecule has 4 nitrogen and oxygen atoms in total. The molecule has 0 spiro atoms. The number of likely N-dealkylation sites (N-methyl/N-ethyl adjacent to an activating group) is 1. The van der Waals surface area contributed by atoms with Gasteiger partial charge in [-0.05, 0) is 55.9 Å². The monoisotopic (exact) mass is 394 g/mol. The van der Waals surface area contributed by atoms with Gasteiger partial charge in [-0.15, -0.1) is 0 Å². The van der Waals surface area contributed by atoms with Gasteiger partial charge in [0.2, 0.25) is 5.91 Å². The smallest absolute Gasteiger partial charge is 0.220 e. The van der Waals surface area contributed by atoms with Gasteiger partial charge in [0.25, 0.3) is 0 Å². The molecule has 0 saturated carbocycles. The number of hydrogen-bond donors (Lipinski definition) is 1. The van der Waals surface area contributed by atoms with E-state index in [0.717, 1.165) is 16.9 Å². The third kappa shape index (κ3) is 5.90. The molecule has 0 aliphatic heterocycles. The van der Waals surface area contributed by atoms with Crippen molar-refractivity contribution in [2.45, 2.75) is 18.9 Å². The molecule has 1 amide bonds. The number of benzene rings is 2. The second-order valence-corrected chi connectivity index (χ2v) is 7.14. The minimum absolute atomic E-state index is 0.00855. The fraction of sp³-hybridized carbons (Fsp3) is 0.350. The zero-order valence-electron chi connectivity index (χ0n) is 15.3. The number of carbonyl (C=O) groups is 1. The van der Waals surface area contributed by atoms with E-state index in [1.54, 1.807) is 19.2 Å². The van der Waals surface area contributed by atoms with Crippen molar-refractivity contribution in [3.63, 3.8) is 0 Å². The molecular formula is C20H24Cl2N2O2. The van der Waals surface area contributed by atoms with Crippen LogP contribution in [0.1, 0.15) is 23.6 Å². The number of nitrogens with one attached hydrogen (secondary N) is 1. The summed E-state index contributed by atoms with van der Waals surface area (Å²) in [5.41, 5.74) is 2.01. The maximum Gasteiger partial charge on any atom is 0.220 e. The Bertz CT molecular complexity index is 750. The summed E-state index contributed by atoms with van der Waals surface area (Å²) in [5.74, 6) is 0.795. The van der Waals surface area contributed by atoms with E-state index in [4.69, 9.17) is 27.9 Å². The van der Waals surface area contributed by atoms with Gasteiger partial charge in [0.15, 0.2) is 0 Å². The highest BCUT2D eigenvalue weighted by atomic mass is 35.5. The third-order valence-electron chi connectivity index (χ3n) is 4.23. The Morgan fingerprint density at radius 3 is 2.62 bits per heavy atom. The number of halogens is 2. The lowest BCUT2D eigenvalue weighted by Crippen LogP contribution is -2.34. The highest BCUT2D eigenvalue weighted by Crippen LogP contribution is 2.23. The number of methoxy groups -OCH3 is 1. The summed E-state index contributed by atoms with van der Waals surface area (Å²) < 4.78 is 5.29. The number of nitrogens with zero attached hydrogens (tertiary/aromatic N) is 1. The van der Waals surface area contributed by atoms with Crippen molar-refractivity contribution in [1.29, 1.82) is 0 Å². The fourth-order valence-corrected chi connectivity index (χ4v) is 3.22. The van der Waals surface area contributed by atoms with Crippen LogP contribution in [0.15, 0.2) is 42.5 Å². The number of hydrogen-bond acceptors (Lipinski definition) is 3. The van der Waals surface area contributed by atoms with Gasteiger partial charge in [0.1, 0.15) is 5.75 Å². The maximum atomic E-state index is 12.3. The number of carbonyl (C=O) groups excluding carboxylic acids is 1. The average molecular weight is 395 g/mol. The van der Waals surface area contributed by atoms with Crippen LogP contribution >= 0.6 is 23.2 Å². The van der Waals surface area contributed by atoms with E-state index < -0.39 is 0 Å². The van der Waals surface area contributed by atoms with Crippen LogP contribution in [-0.2, 0) is 11.2 Å². The molecule has 0 fully saturated rings. The Balaban J connectivity index is 1.92. The summed E-state index contributed by atoms with van der Waals surface area (Å²) in [7, 11) is 5.63. The van der Waals surface area contributed by atoms with Crippen LogP contribution < -0.4 is 10.1 Å². The summed E-state index contributed by atoms with van der Waals surface area (Å²) in [4.78, 5) is 14.3. The predicted octanol–water partition coefficient (Wildman–Crippen LogP) is 4.35.